The van der Waals surface area contributed by atoms with Gasteiger partial charge in [0.25, 0.3) is 0 Å². The minimum Gasteiger partial charge on any atom is -0.493 e. The maximum atomic E-state index is 13.1. The number of rotatable bonds is 2. The van der Waals surface area contributed by atoms with Crippen LogP contribution >= 0.6 is 0 Å². The monoisotopic (exact) mass is 323 g/mol. The van der Waals surface area contributed by atoms with Crippen molar-refractivity contribution in [3.8, 4) is 11.5 Å². The van der Waals surface area contributed by atoms with Crippen LogP contribution in [0.1, 0.15) is 40.0 Å². The molecule has 122 valence electrons. The van der Waals surface area contributed by atoms with Crippen molar-refractivity contribution in [2.45, 2.75) is 48.8 Å². The van der Waals surface area contributed by atoms with E-state index < -0.39 is 47.7 Å². The second-order valence-corrected chi connectivity index (χ2v) is 6.75. The lowest BCUT2D eigenvalue weighted by Gasteiger charge is -2.62. The lowest BCUT2D eigenvalue weighted by Crippen LogP contribution is -2.76. The fourth-order valence-corrected chi connectivity index (χ4v) is 4.91. The number of piperidine rings is 1. The highest BCUT2D eigenvalue weighted by Crippen LogP contribution is 2.64. The highest BCUT2D eigenvalue weighted by Gasteiger charge is 2.72. The van der Waals surface area contributed by atoms with Gasteiger partial charge in [-0.2, -0.15) is 0 Å². The fraction of sp³-hybridized carbons (Fsp3) is 0.611. The summed E-state index contributed by atoms with van der Waals surface area (Å²) in [7, 11) is -1.26. The second kappa shape index (κ2) is 4.08. The number of hydrogen-bond donors (Lipinski definition) is 1. The SMILES string of the molecule is [2H]O[C@@]12CCC(=O)C3([2H])Oc4c(OC([2H])([2H])[2H])c([2H])c([2H])c5c4[C@@]31CCN(C)[C@]2([2H])C5. The number of aliphatic hydroxyl groups is 1. The topological polar surface area (TPSA) is 59.0 Å². The first-order valence-corrected chi connectivity index (χ1v) is 7.73. The molecule has 5 nitrogen and oxygen atoms in total. The Morgan fingerprint density at radius 3 is 3.35 bits per heavy atom. The van der Waals surface area contributed by atoms with Crippen LogP contribution in [0.5, 0.6) is 11.5 Å². The van der Waals surface area contributed by atoms with Gasteiger partial charge in [-0.05, 0) is 44.5 Å². The van der Waals surface area contributed by atoms with E-state index in [0.717, 1.165) is 0 Å². The molecule has 0 radical (unpaired) electrons. The van der Waals surface area contributed by atoms with Crippen LogP contribution in [-0.2, 0) is 16.6 Å². The van der Waals surface area contributed by atoms with Crippen LogP contribution in [0.4, 0.5) is 0 Å². The zero-order chi connectivity index (χ0) is 22.8. The molecule has 23 heavy (non-hydrogen) atoms. The zero-order valence-corrected chi connectivity index (χ0v) is 12.6. The highest BCUT2D eigenvalue weighted by atomic mass is 16.5. The van der Waals surface area contributed by atoms with E-state index in [2.05, 4.69) is 0 Å². The smallest absolute Gasteiger partial charge is 0.211 e. The summed E-state index contributed by atoms with van der Waals surface area (Å²) in [5.74, 6) is -1.33. The lowest BCUT2D eigenvalue weighted by molar-refractivity contribution is -0.185. The van der Waals surface area contributed by atoms with Crippen LogP contribution in [-0.4, -0.2) is 55.6 Å². The molecule has 2 fully saturated rings. The predicted octanol–water partition coefficient (Wildman–Crippen LogP) is 1.05. The van der Waals surface area contributed by atoms with Gasteiger partial charge in [0, 0.05) is 18.0 Å². The Kier molecular flexibility index (Phi) is 1.42. The Morgan fingerprint density at radius 1 is 1.61 bits per heavy atom. The van der Waals surface area contributed by atoms with Crippen molar-refractivity contribution in [3.05, 3.63) is 23.2 Å². The molecule has 1 saturated heterocycles. The molecular weight excluding hydrogens is 294 g/mol. The van der Waals surface area contributed by atoms with Crippen LogP contribution in [0.3, 0.4) is 0 Å². The molecule has 1 aromatic rings. The van der Waals surface area contributed by atoms with E-state index in [1.54, 1.807) is 11.9 Å². The van der Waals surface area contributed by atoms with Crippen LogP contribution in [0, 0.1) is 0 Å². The predicted molar refractivity (Wildman–Crippen MR) is 83.0 cm³/mol. The Hall–Kier alpha value is -1.59. The summed E-state index contributed by atoms with van der Waals surface area (Å²) in [4.78, 5) is 14.8. The van der Waals surface area contributed by atoms with Crippen molar-refractivity contribution >= 4 is 5.78 Å². The van der Waals surface area contributed by atoms with Gasteiger partial charge in [-0.15, -0.1) is 0 Å². The maximum Gasteiger partial charge on any atom is 0.211 e. The van der Waals surface area contributed by atoms with E-state index in [4.69, 9.17) is 24.2 Å². The zero-order valence-electron chi connectivity index (χ0n) is 20.6. The van der Waals surface area contributed by atoms with Crippen molar-refractivity contribution in [1.82, 2.24) is 4.90 Å². The molecule has 0 amide bonds. The van der Waals surface area contributed by atoms with Gasteiger partial charge in [-0.1, -0.05) is 6.04 Å². The van der Waals surface area contributed by atoms with Crippen molar-refractivity contribution in [2.24, 2.45) is 0 Å². The normalized spacial score (nSPS) is 52.5. The average molecular weight is 323 g/mol. The van der Waals surface area contributed by atoms with E-state index in [-0.39, 0.29) is 48.6 Å². The van der Waals surface area contributed by atoms with Gasteiger partial charge in [0.05, 0.1) is 27.6 Å². The number of likely N-dealkylation sites (N-methyl/N-ethyl adjacent to an activating group) is 1. The molecule has 1 aromatic carbocycles. The minimum atomic E-state index is -2.95. The summed E-state index contributed by atoms with van der Waals surface area (Å²) in [6.45, 7) is 0.302. The van der Waals surface area contributed by atoms with E-state index in [1.807, 2.05) is 0 Å². The van der Waals surface area contributed by atoms with E-state index >= 15 is 0 Å². The Balaban J connectivity index is 1.94. The summed E-state index contributed by atoms with van der Waals surface area (Å²) in [5, 5.41) is 5.31. The van der Waals surface area contributed by atoms with Gasteiger partial charge in [-0.25, -0.2) is 0 Å². The molecule has 4 aliphatic rings. The summed E-state index contributed by atoms with van der Waals surface area (Å²) in [6.07, 6.45) is -2.40. The van der Waals surface area contributed by atoms with E-state index in [0.29, 0.717) is 6.54 Å². The third kappa shape index (κ3) is 1.32. The van der Waals surface area contributed by atoms with Crippen LogP contribution < -0.4 is 9.47 Å². The molecule has 5 heteroatoms. The summed E-state index contributed by atoms with van der Waals surface area (Å²) < 4.78 is 76.8. The lowest BCUT2D eigenvalue weighted by atomic mass is 9.49. The Morgan fingerprint density at radius 2 is 2.52 bits per heavy atom. The molecule has 2 heterocycles. The van der Waals surface area contributed by atoms with Crippen molar-refractivity contribution < 1.29 is 29.0 Å². The number of carbonyl (C=O) groups excluding carboxylic acids is 1. The molecular formula is C18H21NO4. The van der Waals surface area contributed by atoms with Crippen LogP contribution in [0.15, 0.2) is 12.1 Å². The third-order valence-electron chi connectivity index (χ3n) is 5.92. The largest absolute Gasteiger partial charge is 0.493 e. The van der Waals surface area contributed by atoms with Gasteiger partial charge in [-0.3, -0.25) is 4.79 Å². The van der Waals surface area contributed by atoms with Gasteiger partial charge in [0.15, 0.2) is 23.4 Å². The number of ether oxygens (including phenoxy) is 2. The minimum absolute atomic E-state index is 0.0114. The average Bonchev–Trinajstić information content (AvgIpc) is 2.96. The first kappa shape index (κ1) is 7.99. The molecule has 1 saturated carbocycles. The molecule has 1 unspecified atom stereocenters. The highest BCUT2D eigenvalue weighted by molar-refractivity contribution is 5.90. The molecule has 4 atom stereocenters. The molecule has 2 aliphatic heterocycles. The number of nitrogens with zero attached hydrogens (tertiary/aromatic N) is 1. The standard InChI is InChI=1S/C18H21NO4/c1-19-8-7-17-14-10-3-4-12(22-2)15(14)23-16(17)11(20)5-6-18(17,21)13(19)9-10/h3-4,13,16,21H,5-9H2,1-2H3/t13-,16?,17+,18-/m1/s1/i2D3,3D,4D,13D,16D,21D. The Labute approximate surface area is 146 Å². The maximum absolute atomic E-state index is 13.1. The molecule has 0 aromatic heterocycles. The molecule has 2 bridgehead atoms. The van der Waals surface area contributed by atoms with Crippen molar-refractivity contribution in [2.75, 3.05) is 20.6 Å². The molecule has 5 rings (SSSR count). The van der Waals surface area contributed by atoms with Crippen molar-refractivity contribution in [3.63, 3.8) is 0 Å². The first-order chi connectivity index (χ1) is 14.3. The number of benzene rings is 1. The molecule has 2 aliphatic carbocycles. The quantitative estimate of drug-likeness (QED) is 0.881. The number of carbonyl (C=O) groups is 1. The van der Waals surface area contributed by atoms with Gasteiger partial charge in [0.1, 0.15) is 0 Å². The van der Waals surface area contributed by atoms with Gasteiger partial charge in [0.2, 0.25) is 1.43 Å². The Bertz CT molecular complexity index is 1030. The van der Waals surface area contributed by atoms with Gasteiger partial charge < -0.3 is 19.5 Å². The summed E-state index contributed by atoms with van der Waals surface area (Å²) in [6, 6.07) is -2.47. The van der Waals surface area contributed by atoms with E-state index in [9.17, 15) is 6.17 Å². The molecule has 1 N–H and O–H groups in total. The number of methoxy groups -OCH3 is 1. The second-order valence-electron chi connectivity index (χ2n) is 6.75. The van der Waals surface area contributed by atoms with Crippen LogP contribution in [0.2, 0.25) is 0 Å². The number of ketones is 1. The molecule has 1 spiro atoms. The summed E-state index contributed by atoms with van der Waals surface area (Å²) >= 11 is 0. The number of Topliss-reactive ketones (excluding diaryl/α,β-unsaturated/α-hetero) is 1. The van der Waals surface area contributed by atoms with Crippen molar-refractivity contribution in [1.29, 1.82) is 1.43 Å². The van der Waals surface area contributed by atoms with Crippen LogP contribution in [0.25, 0.3) is 0 Å². The number of likely N-dealkylation sites (tertiary alicyclic amines) is 1. The van der Waals surface area contributed by atoms with Gasteiger partial charge >= 0.3 is 0 Å². The van der Waals surface area contributed by atoms with E-state index in [1.165, 1.54) is 0 Å². The third-order valence-corrected chi connectivity index (χ3v) is 5.92. The summed E-state index contributed by atoms with van der Waals surface area (Å²) in [5.41, 5.74) is -2.80. The fourth-order valence-electron chi connectivity index (χ4n) is 4.91. The first-order valence-electron chi connectivity index (χ1n) is 11.6. The number of hydrogen-bond acceptors (Lipinski definition) is 5.